The third kappa shape index (κ3) is 2.64. The normalized spacial score (nSPS) is 16.2. The Morgan fingerprint density at radius 2 is 1.96 bits per heavy atom. The summed E-state index contributed by atoms with van der Waals surface area (Å²) in [4.78, 5) is 12.3. The number of allylic oxidation sites excluding steroid dienone is 1. The average Bonchev–Trinajstić information content (AvgIpc) is 2.83. The summed E-state index contributed by atoms with van der Waals surface area (Å²) in [5, 5.41) is 0.549. The van der Waals surface area contributed by atoms with Crippen molar-refractivity contribution in [3.63, 3.8) is 0 Å². The van der Waals surface area contributed by atoms with Crippen LogP contribution in [0, 0.1) is 6.92 Å². The van der Waals surface area contributed by atoms with Crippen LogP contribution >= 0.6 is 27.5 Å². The molecule has 0 radical (unpaired) electrons. The Morgan fingerprint density at radius 3 is 2.67 bits per heavy atom. The number of hydrogen-bond acceptors (Lipinski definition) is 3. The first-order valence-corrected chi connectivity index (χ1v) is 8.85. The molecule has 0 heterocycles. The minimum Gasteiger partial charge on any atom is -0.462 e. The standard InChI is InChI=1S/C19H17BrClNO2/c1-3-24-19(23)12-7-5-4-6-11(12)16-13-8-9-14(20)10(2)15(13)17(21)18(16)22/h4-9,16H,3,22H2,1-2H3. The second kappa shape index (κ2) is 6.61. The molecule has 0 amide bonds. The SMILES string of the molecule is CCOC(=O)c1ccccc1C1C(N)=C(Cl)c2c1ccc(Br)c2C. The summed E-state index contributed by atoms with van der Waals surface area (Å²) < 4.78 is 6.16. The van der Waals surface area contributed by atoms with Crippen molar-refractivity contribution < 1.29 is 9.53 Å². The molecule has 1 atom stereocenters. The van der Waals surface area contributed by atoms with E-state index < -0.39 is 0 Å². The first-order chi connectivity index (χ1) is 11.5. The molecule has 0 aliphatic heterocycles. The first kappa shape index (κ1) is 17.1. The number of ether oxygens (including phenoxy) is 1. The number of hydrogen-bond donors (Lipinski definition) is 1. The molecule has 124 valence electrons. The van der Waals surface area contributed by atoms with Gasteiger partial charge in [-0.25, -0.2) is 4.79 Å². The Balaban J connectivity index is 2.20. The van der Waals surface area contributed by atoms with Crippen LogP contribution in [0.15, 0.2) is 46.6 Å². The van der Waals surface area contributed by atoms with Crippen LogP contribution in [-0.2, 0) is 4.74 Å². The van der Waals surface area contributed by atoms with E-state index in [9.17, 15) is 4.79 Å². The van der Waals surface area contributed by atoms with Gasteiger partial charge in [0.1, 0.15) is 0 Å². The topological polar surface area (TPSA) is 52.3 Å². The van der Waals surface area contributed by atoms with E-state index in [1.807, 2.05) is 37.3 Å². The van der Waals surface area contributed by atoms with Gasteiger partial charge in [-0.2, -0.15) is 0 Å². The lowest BCUT2D eigenvalue weighted by atomic mass is 9.87. The van der Waals surface area contributed by atoms with E-state index in [1.165, 1.54) is 0 Å². The van der Waals surface area contributed by atoms with Crippen LogP contribution in [0.3, 0.4) is 0 Å². The number of benzene rings is 2. The summed E-state index contributed by atoms with van der Waals surface area (Å²) in [7, 11) is 0. The van der Waals surface area contributed by atoms with Gasteiger partial charge in [0.15, 0.2) is 0 Å². The molecule has 1 unspecified atom stereocenters. The van der Waals surface area contributed by atoms with Gasteiger partial charge in [0.2, 0.25) is 0 Å². The second-order valence-electron chi connectivity index (χ2n) is 5.65. The van der Waals surface area contributed by atoms with Gasteiger partial charge >= 0.3 is 5.97 Å². The highest BCUT2D eigenvalue weighted by atomic mass is 79.9. The number of esters is 1. The molecule has 0 spiro atoms. The molecular formula is C19H17BrClNO2. The highest BCUT2D eigenvalue weighted by Crippen LogP contribution is 2.48. The van der Waals surface area contributed by atoms with Crippen molar-refractivity contribution in [1.29, 1.82) is 0 Å². The highest BCUT2D eigenvalue weighted by Gasteiger charge is 2.34. The number of nitrogens with two attached hydrogens (primary N) is 1. The van der Waals surface area contributed by atoms with Crippen LogP contribution in [0.25, 0.3) is 5.03 Å². The van der Waals surface area contributed by atoms with Crippen LogP contribution in [0.1, 0.15) is 45.5 Å². The third-order valence-corrected chi connectivity index (χ3v) is 5.56. The van der Waals surface area contributed by atoms with Crippen LogP contribution in [-0.4, -0.2) is 12.6 Å². The van der Waals surface area contributed by atoms with E-state index in [1.54, 1.807) is 13.0 Å². The van der Waals surface area contributed by atoms with Crippen molar-refractivity contribution in [2.24, 2.45) is 5.73 Å². The number of rotatable bonds is 3. The zero-order valence-electron chi connectivity index (χ0n) is 13.4. The van der Waals surface area contributed by atoms with Crippen LogP contribution in [0.4, 0.5) is 0 Å². The second-order valence-corrected chi connectivity index (χ2v) is 6.88. The van der Waals surface area contributed by atoms with Crippen molar-refractivity contribution in [1.82, 2.24) is 0 Å². The van der Waals surface area contributed by atoms with E-state index in [4.69, 9.17) is 22.1 Å². The lowest BCUT2D eigenvalue weighted by molar-refractivity contribution is 0.0525. The van der Waals surface area contributed by atoms with Gasteiger partial charge in [-0.05, 0) is 42.7 Å². The Morgan fingerprint density at radius 1 is 1.25 bits per heavy atom. The number of fused-ring (bicyclic) bond motifs is 1. The molecule has 1 aliphatic rings. The maximum absolute atomic E-state index is 12.3. The van der Waals surface area contributed by atoms with Crippen molar-refractivity contribution in [3.8, 4) is 0 Å². The highest BCUT2D eigenvalue weighted by molar-refractivity contribution is 9.10. The molecule has 0 aromatic heterocycles. The summed E-state index contributed by atoms with van der Waals surface area (Å²) >= 11 is 10.1. The van der Waals surface area contributed by atoms with Gasteiger partial charge in [0.25, 0.3) is 0 Å². The van der Waals surface area contributed by atoms with Crippen LogP contribution in [0.2, 0.25) is 0 Å². The fourth-order valence-electron chi connectivity index (χ4n) is 3.16. The quantitative estimate of drug-likeness (QED) is 0.734. The first-order valence-electron chi connectivity index (χ1n) is 7.67. The lowest BCUT2D eigenvalue weighted by Gasteiger charge is -2.18. The monoisotopic (exact) mass is 405 g/mol. The van der Waals surface area contributed by atoms with E-state index in [0.717, 1.165) is 26.7 Å². The van der Waals surface area contributed by atoms with Gasteiger partial charge in [-0.1, -0.05) is 51.8 Å². The maximum Gasteiger partial charge on any atom is 0.338 e. The molecule has 2 aromatic rings. The minimum atomic E-state index is -0.348. The zero-order valence-corrected chi connectivity index (χ0v) is 15.7. The van der Waals surface area contributed by atoms with Gasteiger partial charge in [-0.15, -0.1) is 0 Å². The summed E-state index contributed by atoms with van der Waals surface area (Å²) in [5.74, 6) is -0.598. The van der Waals surface area contributed by atoms with E-state index in [0.29, 0.717) is 22.9 Å². The molecular weight excluding hydrogens is 390 g/mol. The Kier molecular flexibility index (Phi) is 4.70. The van der Waals surface area contributed by atoms with Crippen molar-refractivity contribution in [2.45, 2.75) is 19.8 Å². The number of halogens is 2. The molecule has 0 bridgehead atoms. The summed E-state index contributed by atoms with van der Waals surface area (Å²) in [6, 6.07) is 11.4. The zero-order chi connectivity index (χ0) is 17.4. The van der Waals surface area contributed by atoms with Crippen LogP contribution in [0.5, 0.6) is 0 Å². The fraction of sp³-hybridized carbons (Fsp3) is 0.211. The lowest BCUT2D eigenvalue weighted by Crippen LogP contribution is -2.14. The maximum atomic E-state index is 12.3. The van der Waals surface area contributed by atoms with Crippen molar-refractivity contribution in [3.05, 3.63) is 74.4 Å². The van der Waals surface area contributed by atoms with Gasteiger partial charge in [0.05, 0.1) is 23.1 Å². The average molecular weight is 407 g/mol. The van der Waals surface area contributed by atoms with Crippen molar-refractivity contribution >= 4 is 38.5 Å². The molecule has 0 saturated carbocycles. The summed E-state index contributed by atoms with van der Waals surface area (Å²) in [5.41, 5.74) is 11.2. The fourth-order valence-corrected chi connectivity index (χ4v) is 3.85. The van der Waals surface area contributed by atoms with E-state index in [2.05, 4.69) is 15.9 Å². The number of carbonyl (C=O) groups is 1. The molecule has 2 N–H and O–H groups in total. The van der Waals surface area contributed by atoms with Gasteiger partial charge < -0.3 is 10.5 Å². The molecule has 5 heteroatoms. The predicted octanol–water partition coefficient (Wildman–Crippen LogP) is 4.95. The van der Waals surface area contributed by atoms with Gasteiger partial charge in [-0.3, -0.25) is 0 Å². The molecule has 3 rings (SSSR count). The largest absolute Gasteiger partial charge is 0.462 e. The molecule has 1 aliphatic carbocycles. The molecule has 24 heavy (non-hydrogen) atoms. The third-order valence-electron chi connectivity index (χ3n) is 4.29. The predicted molar refractivity (Wildman–Crippen MR) is 100 cm³/mol. The van der Waals surface area contributed by atoms with Gasteiger partial charge in [0, 0.05) is 15.7 Å². The Labute approximate surface area is 154 Å². The Hall–Kier alpha value is -1.78. The minimum absolute atomic E-state index is 0.250. The molecule has 0 saturated heterocycles. The molecule has 3 nitrogen and oxygen atoms in total. The Bertz CT molecular complexity index is 860. The summed E-state index contributed by atoms with van der Waals surface area (Å²) in [6.07, 6.45) is 0. The van der Waals surface area contributed by atoms with E-state index in [-0.39, 0.29) is 11.9 Å². The van der Waals surface area contributed by atoms with Crippen LogP contribution < -0.4 is 5.73 Å². The summed E-state index contributed by atoms with van der Waals surface area (Å²) in [6.45, 7) is 4.11. The smallest absolute Gasteiger partial charge is 0.338 e. The van der Waals surface area contributed by atoms with Crippen molar-refractivity contribution in [2.75, 3.05) is 6.61 Å². The molecule has 2 aromatic carbocycles. The van der Waals surface area contributed by atoms with E-state index >= 15 is 0 Å². The number of carbonyl (C=O) groups excluding carboxylic acids is 1. The molecule has 0 fully saturated rings.